The largest absolute Gasteiger partial charge is 0.396 e. The van der Waals surface area contributed by atoms with Crippen molar-refractivity contribution in [3.63, 3.8) is 0 Å². The summed E-state index contributed by atoms with van der Waals surface area (Å²) in [5.41, 5.74) is 0. The highest BCUT2D eigenvalue weighted by Crippen LogP contribution is 2.27. The molecule has 0 radical (unpaired) electrons. The molecule has 1 aliphatic carbocycles. The van der Waals surface area contributed by atoms with Crippen LogP contribution in [-0.2, 0) is 0 Å². The third-order valence-corrected chi connectivity index (χ3v) is 4.33. The van der Waals surface area contributed by atoms with Crippen LogP contribution in [0, 0.1) is 0 Å². The van der Waals surface area contributed by atoms with Crippen LogP contribution >= 0.6 is 11.8 Å². The van der Waals surface area contributed by atoms with Gasteiger partial charge in [0.1, 0.15) is 0 Å². The predicted molar refractivity (Wildman–Crippen MR) is 68.5 cm³/mol. The molecule has 90 valence electrons. The number of thioether (sulfide) groups is 1. The maximum Gasteiger partial charge on any atom is 0.0431 e. The van der Waals surface area contributed by atoms with Crippen molar-refractivity contribution in [2.45, 2.75) is 56.2 Å². The van der Waals surface area contributed by atoms with Crippen LogP contribution in [0.1, 0.15) is 44.9 Å². The van der Waals surface area contributed by atoms with Crippen molar-refractivity contribution in [2.75, 3.05) is 19.4 Å². The zero-order valence-corrected chi connectivity index (χ0v) is 10.7. The van der Waals surface area contributed by atoms with Gasteiger partial charge >= 0.3 is 0 Å². The summed E-state index contributed by atoms with van der Waals surface area (Å²) in [6, 6.07) is 0.778. The van der Waals surface area contributed by atoms with E-state index in [9.17, 15) is 0 Å². The Hall–Kier alpha value is 0.270. The molecule has 0 aromatic carbocycles. The molecule has 1 rings (SSSR count). The fourth-order valence-electron chi connectivity index (χ4n) is 2.24. The quantitative estimate of drug-likeness (QED) is 0.629. The molecule has 0 amide bonds. The molecule has 2 unspecified atom stereocenters. The summed E-state index contributed by atoms with van der Waals surface area (Å²) >= 11 is 2.02. The Morgan fingerprint density at radius 1 is 1.20 bits per heavy atom. The molecule has 2 N–H and O–H groups in total. The Labute approximate surface area is 98.2 Å². The topological polar surface area (TPSA) is 32.3 Å². The zero-order chi connectivity index (χ0) is 10.9. The number of rotatable bonds is 8. The molecule has 15 heavy (non-hydrogen) atoms. The van der Waals surface area contributed by atoms with Crippen LogP contribution in [0.5, 0.6) is 0 Å². The lowest BCUT2D eigenvalue weighted by Crippen LogP contribution is -2.27. The van der Waals surface area contributed by atoms with E-state index >= 15 is 0 Å². The summed E-state index contributed by atoms with van der Waals surface area (Å²) in [4.78, 5) is 0. The van der Waals surface area contributed by atoms with Crippen molar-refractivity contribution in [2.24, 2.45) is 0 Å². The van der Waals surface area contributed by atoms with Crippen molar-refractivity contribution in [1.29, 1.82) is 0 Å². The van der Waals surface area contributed by atoms with Crippen LogP contribution < -0.4 is 5.32 Å². The Kier molecular flexibility index (Phi) is 7.49. The van der Waals surface area contributed by atoms with Gasteiger partial charge in [0, 0.05) is 17.9 Å². The van der Waals surface area contributed by atoms with Crippen LogP contribution in [0.2, 0.25) is 0 Å². The van der Waals surface area contributed by atoms with Gasteiger partial charge in [0.2, 0.25) is 0 Å². The first kappa shape index (κ1) is 13.3. The lowest BCUT2D eigenvalue weighted by molar-refractivity contribution is 0.282. The number of hydrogen-bond acceptors (Lipinski definition) is 3. The Balaban J connectivity index is 1.88. The van der Waals surface area contributed by atoms with Gasteiger partial charge in [-0.15, -0.1) is 0 Å². The highest BCUT2D eigenvalue weighted by molar-refractivity contribution is 7.99. The summed E-state index contributed by atoms with van der Waals surface area (Å²) in [6.45, 7) is 1.52. The highest BCUT2D eigenvalue weighted by Gasteiger charge is 2.22. The number of hydrogen-bond donors (Lipinski definition) is 2. The van der Waals surface area contributed by atoms with Gasteiger partial charge in [-0.05, 0) is 44.9 Å². The van der Waals surface area contributed by atoms with Crippen LogP contribution in [0.3, 0.4) is 0 Å². The first-order chi connectivity index (χ1) is 7.36. The molecule has 0 aliphatic heterocycles. The minimum absolute atomic E-state index is 0.353. The molecule has 1 saturated carbocycles. The Morgan fingerprint density at radius 3 is 2.67 bits per heavy atom. The smallest absolute Gasteiger partial charge is 0.0431 e. The van der Waals surface area contributed by atoms with E-state index < -0.39 is 0 Å². The average molecular weight is 231 g/mol. The monoisotopic (exact) mass is 231 g/mol. The molecule has 0 spiro atoms. The van der Waals surface area contributed by atoms with Crippen LogP contribution in [0.15, 0.2) is 0 Å². The second kappa shape index (κ2) is 8.43. The zero-order valence-electron chi connectivity index (χ0n) is 9.87. The van der Waals surface area contributed by atoms with Crippen LogP contribution in [-0.4, -0.2) is 35.8 Å². The average Bonchev–Trinajstić information content (AvgIpc) is 2.71. The normalized spacial score (nSPS) is 26.0. The molecule has 1 fully saturated rings. The molecule has 1 aliphatic rings. The molecule has 0 heterocycles. The summed E-state index contributed by atoms with van der Waals surface area (Å²) in [6.07, 6.45) is 11.0. The first-order valence-electron chi connectivity index (χ1n) is 6.24. The standard InChI is InChI=1S/C12H25NOS/c1-15-12-7-6-11(10-12)13-8-4-2-3-5-9-14/h11-14H,2-10H2,1H3. The minimum Gasteiger partial charge on any atom is -0.396 e. The number of aliphatic hydroxyl groups excluding tert-OH is 1. The summed E-state index contributed by atoms with van der Waals surface area (Å²) in [7, 11) is 0. The van der Waals surface area contributed by atoms with Crippen molar-refractivity contribution in [1.82, 2.24) is 5.32 Å². The lowest BCUT2D eigenvalue weighted by Gasteiger charge is -2.12. The van der Waals surface area contributed by atoms with Gasteiger partial charge in [0.05, 0.1) is 0 Å². The van der Waals surface area contributed by atoms with Gasteiger partial charge in [-0.3, -0.25) is 0 Å². The second-order valence-corrected chi connectivity index (χ2v) is 5.60. The SMILES string of the molecule is CSC1CCC(NCCCCCCO)C1. The third-order valence-electron chi connectivity index (χ3n) is 3.24. The minimum atomic E-state index is 0.353. The Morgan fingerprint density at radius 2 is 2.00 bits per heavy atom. The number of aliphatic hydroxyl groups is 1. The third kappa shape index (κ3) is 5.79. The molecule has 2 nitrogen and oxygen atoms in total. The maximum absolute atomic E-state index is 8.63. The lowest BCUT2D eigenvalue weighted by atomic mass is 10.2. The van der Waals surface area contributed by atoms with E-state index in [1.54, 1.807) is 0 Å². The Bertz CT molecular complexity index is 155. The van der Waals surface area contributed by atoms with Gasteiger partial charge < -0.3 is 10.4 Å². The first-order valence-corrected chi connectivity index (χ1v) is 7.52. The summed E-state index contributed by atoms with van der Waals surface area (Å²) in [5, 5.41) is 13.2. The highest BCUT2D eigenvalue weighted by atomic mass is 32.2. The summed E-state index contributed by atoms with van der Waals surface area (Å²) in [5.74, 6) is 0. The fraction of sp³-hybridized carbons (Fsp3) is 1.00. The fourth-order valence-corrected chi connectivity index (χ4v) is 3.03. The van der Waals surface area contributed by atoms with Crippen molar-refractivity contribution in [3.05, 3.63) is 0 Å². The van der Waals surface area contributed by atoms with E-state index in [1.165, 1.54) is 38.5 Å². The summed E-state index contributed by atoms with van der Waals surface area (Å²) < 4.78 is 0. The molecule has 2 atom stereocenters. The number of unbranched alkanes of at least 4 members (excludes halogenated alkanes) is 3. The molecule has 0 aromatic heterocycles. The van der Waals surface area contributed by atoms with Gasteiger partial charge in [-0.1, -0.05) is 12.8 Å². The molecular weight excluding hydrogens is 206 g/mol. The van der Waals surface area contributed by atoms with Crippen LogP contribution in [0.25, 0.3) is 0 Å². The van der Waals surface area contributed by atoms with Gasteiger partial charge in [0.25, 0.3) is 0 Å². The van der Waals surface area contributed by atoms with Crippen molar-refractivity contribution >= 4 is 11.8 Å². The van der Waals surface area contributed by atoms with E-state index in [-0.39, 0.29) is 0 Å². The van der Waals surface area contributed by atoms with Gasteiger partial charge in [-0.2, -0.15) is 11.8 Å². The van der Waals surface area contributed by atoms with E-state index in [0.29, 0.717) is 6.61 Å². The van der Waals surface area contributed by atoms with E-state index in [1.807, 2.05) is 11.8 Å². The van der Waals surface area contributed by atoms with Crippen LogP contribution in [0.4, 0.5) is 0 Å². The van der Waals surface area contributed by atoms with E-state index in [2.05, 4.69) is 11.6 Å². The number of nitrogens with one attached hydrogen (secondary N) is 1. The molecule has 3 heteroatoms. The predicted octanol–water partition coefficient (Wildman–Crippen LogP) is 2.41. The second-order valence-electron chi connectivity index (χ2n) is 4.46. The van der Waals surface area contributed by atoms with Crippen molar-refractivity contribution in [3.8, 4) is 0 Å². The molecular formula is C12H25NOS. The van der Waals surface area contributed by atoms with Gasteiger partial charge in [0.15, 0.2) is 0 Å². The van der Waals surface area contributed by atoms with E-state index in [4.69, 9.17) is 5.11 Å². The van der Waals surface area contributed by atoms with Gasteiger partial charge in [-0.25, -0.2) is 0 Å². The maximum atomic E-state index is 8.63. The molecule has 0 aromatic rings. The molecule has 0 bridgehead atoms. The van der Waals surface area contributed by atoms with Crippen molar-refractivity contribution < 1.29 is 5.11 Å². The molecule has 0 saturated heterocycles. The van der Waals surface area contributed by atoms with E-state index in [0.717, 1.165) is 24.3 Å².